The van der Waals surface area contributed by atoms with Gasteiger partial charge in [-0.3, -0.25) is 4.79 Å². The van der Waals surface area contributed by atoms with E-state index < -0.39 is 0 Å². The number of hydrogen-bond donors (Lipinski definition) is 2. The van der Waals surface area contributed by atoms with Crippen molar-refractivity contribution >= 4 is 27.5 Å². The maximum atomic E-state index is 11.8. The zero-order valence-electron chi connectivity index (χ0n) is 9.83. The predicted molar refractivity (Wildman–Crippen MR) is 72.0 cm³/mol. The maximum absolute atomic E-state index is 11.8. The smallest absolute Gasteiger partial charge is 0.252 e. The van der Waals surface area contributed by atoms with E-state index in [1.165, 1.54) is 0 Å². The van der Waals surface area contributed by atoms with Crippen LogP contribution < -0.4 is 11.1 Å². The minimum Gasteiger partial charge on any atom is -0.399 e. The van der Waals surface area contributed by atoms with Crippen molar-refractivity contribution in [2.45, 2.75) is 12.8 Å². The molecule has 0 atom stereocenters. The molecular formula is C12H17BrN2O2. The summed E-state index contributed by atoms with van der Waals surface area (Å²) < 4.78 is 5.68. The van der Waals surface area contributed by atoms with Crippen LogP contribution in [0, 0.1) is 0 Å². The molecule has 0 unspecified atom stereocenters. The third-order valence-corrected chi connectivity index (χ3v) is 2.99. The molecule has 4 nitrogen and oxygen atoms in total. The summed E-state index contributed by atoms with van der Waals surface area (Å²) in [7, 11) is 1.67. The van der Waals surface area contributed by atoms with E-state index >= 15 is 0 Å². The number of carbonyl (C=O) groups is 1. The van der Waals surface area contributed by atoms with E-state index in [1.807, 2.05) is 0 Å². The molecule has 0 spiro atoms. The number of anilines is 1. The molecule has 0 heterocycles. The molecule has 94 valence electrons. The summed E-state index contributed by atoms with van der Waals surface area (Å²) in [4.78, 5) is 11.8. The van der Waals surface area contributed by atoms with Gasteiger partial charge in [-0.1, -0.05) is 0 Å². The van der Waals surface area contributed by atoms with E-state index in [1.54, 1.807) is 25.3 Å². The number of nitrogens with two attached hydrogens (primary N) is 1. The second-order valence-electron chi connectivity index (χ2n) is 3.70. The molecule has 0 bridgehead atoms. The number of rotatable bonds is 6. The topological polar surface area (TPSA) is 64.3 Å². The van der Waals surface area contributed by atoms with Gasteiger partial charge in [-0.05, 0) is 47.0 Å². The molecule has 0 aliphatic carbocycles. The molecule has 3 N–H and O–H groups in total. The fourth-order valence-electron chi connectivity index (χ4n) is 1.39. The SMILES string of the molecule is COCCCCNC(=O)c1cc(N)ccc1Br. The number of halogens is 1. The number of nitrogens with one attached hydrogen (secondary N) is 1. The van der Waals surface area contributed by atoms with Crippen LogP contribution >= 0.6 is 15.9 Å². The molecule has 0 aliphatic rings. The number of benzene rings is 1. The summed E-state index contributed by atoms with van der Waals surface area (Å²) in [6.45, 7) is 1.36. The van der Waals surface area contributed by atoms with Gasteiger partial charge in [0.1, 0.15) is 0 Å². The third-order valence-electron chi connectivity index (χ3n) is 2.30. The van der Waals surface area contributed by atoms with Crippen LogP contribution in [-0.4, -0.2) is 26.2 Å². The highest BCUT2D eigenvalue weighted by Crippen LogP contribution is 2.19. The first-order valence-corrected chi connectivity index (χ1v) is 6.26. The first-order valence-electron chi connectivity index (χ1n) is 5.47. The molecule has 0 aliphatic heterocycles. The lowest BCUT2D eigenvalue weighted by molar-refractivity contribution is 0.0950. The maximum Gasteiger partial charge on any atom is 0.252 e. The van der Waals surface area contributed by atoms with E-state index in [4.69, 9.17) is 10.5 Å². The monoisotopic (exact) mass is 300 g/mol. The Morgan fingerprint density at radius 3 is 2.94 bits per heavy atom. The van der Waals surface area contributed by atoms with Crippen molar-refractivity contribution in [2.24, 2.45) is 0 Å². The molecule has 0 saturated heterocycles. The van der Waals surface area contributed by atoms with Crippen LogP contribution in [0.3, 0.4) is 0 Å². The second kappa shape index (κ2) is 7.29. The van der Waals surface area contributed by atoms with Crippen molar-refractivity contribution in [1.82, 2.24) is 5.32 Å². The quantitative estimate of drug-likeness (QED) is 0.625. The number of nitrogen functional groups attached to an aromatic ring is 1. The van der Waals surface area contributed by atoms with E-state index in [0.717, 1.165) is 23.9 Å². The van der Waals surface area contributed by atoms with E-state index in [0.29, 0.717) is 17.8 Å². The lowest BCUT2D eigenvalue weighted by Gasteiger charge is -2.07. The molecule has 1 aromatic rings. The summed E-state index contributed by atoms with van der Waals surface area (Å²) in [6.07, 6.45) is 1.84. The van der Waals surface area contributed by atoms with Crippen molar-refractivity contribution in [3.63, 3.8) is 0 Å². The van der Waals surface area contributed by atoms with Crippen LogP contribution in [0.5, 0.6) is 0 Å². The minimum absolute atomic E-state index is 0.110. The van der Waals surface area contributed by atoms with Crippen molar-refractivity contribution in [1.29, 1.82) is 0 Å². The Hall–Kier alpha value is -1.07. The molecule has 0 saturated carbocycles. The van der Waals surface area contributed by atoms with E-state index in [-0.39, 0.29) is 5.91 Å². The van der Waals surface area contributed by atoms with Crippen molar-refractivity contribution in [3.8, 4) is 0 Å². The number of methoxy groups -OCH3 is 1. The Balaban J connectivity index is 2.44. The Kier molecular flexibility index (Phi) is 6.00. The van der Waals surface area contributed by atoms with Crippen LogP contribution in [0.1, 0.15) is 23.2 Å². The minimum atomic E-state index is -0.110. The Morgan fingerprint density at radius 1 is 1.47 bits per heavy atom. The zero-order valence-corrected chi connectivity index (χ0v) is 11.4. The number of hydrogen-bond acceptors (Lipinski definition) is 3. The van der Waals surface area contributed by atoms with Crippen molar-refractivity contribution in [2.75, 3.05) is 26.0 Å². The lowest BCUT2D eigenvalue weighted by atomic mass is 10.2. The fourth-order valence-corrected chi connectivity index (χ4v) is 1.81. The summed E-state index contributed by atoms with van der Waals surface area (Å²) in [5.74, 6) is -0.110. The highest BCUT2D eigenvalue weighted by molar-refractivity contribution is 9.10. The van der Waals surface area contributed by atoms with Gasteiger partial charge in [0.05, 0.1) is 5.56 Å². The van der Waals surface area contributed by atoms with Gasteiger partial charge in [0.15, 0.2) is 0 Å². The van der Waals surface area contributed by atoms with Crippen molar-refractivity contribution < 1.29 is 9.53 Å². The molecule has 1 aromatic carbocycles. The van der Waals surface area contributed by atoms with Crippen LogP contribution in [0.2, 0.25) is 0 Å². The first-order chi connectivity index (χ1) is 8.15. The van der Waals surface area contributed by atoms with Gasteiger partial charge >= 0.3 is 0 Å². The normalized spacial score (nSPS) is 10.2. The molecule has 0 fully saturated rings. The average molecular weight is 301 g/mol. The summed E-state index contributed by atoms with van der Waals surface area (Å²) in [6, 6.07) is 5.18. The zero-order chi connectivity index (χ0) is 12.7. The van der Waals surface area contributed by atoms with Crippen LogP contribution in [0.25, 0.3) is 0 Å². The number of unbranched alkanes of at least 4 members (excludes halogenated alkanes) is 1. The highest BCUT2D eigenvalue weighted by atomic mass is 79.9. The lowest BCUT2D eigenvalue weighted by Crippen LogP contribution is -2.25. The van der Waals surface area contributed by atoms with E-state index in [2.05, 4.69) is 21.2 Å². The Morgan fingerprint density at radius 2 is 2.24 bits per heavy atom. The van der Waals surface area contributed by atoms with Gasteiger partial charge in [0.2, 0.25) is 0 Å². The standard InChI is InChI=1S/C12H17BrN2O2/c1-17-7-3-2-6-15-12(16)10-8-9(14)4-5-11(10)13/h4-5,8H,2-3,6-7,14H2,1H3,(H,15,16). The molecule has 0 radical (unpaired) electrons. The summed E-state index contributed by atoms with van der Waals surface area (Å²) in [5, 5.41) is 2.85. The van der Waals surface area contributed by atoms with Crippen LogP contribution in [0.4, 0.5) is 5.69 Å². The Bertz CT molecular complexity index is 383. The number of carbonyl (C=O) groups excluding carboxylic acids is 1. The van der Waals surface area contributed by atoms with Gasteiger partial charge in [-0.25, -0.2) is 0 Å². The summed E-state index contributed by atoms with van der Waals surface area (Å²) >= 11 is 3.33. The van der Waals surface area contributed by atoms with Crippen LogP contribution in [-0.2, 0) is 4.74 Å². The molecule has 17 heavy (non-hydrogen) atoms. The Labute approximate surface area is 110 Å². The number of amides is 1. The fraction of sp³-hybridized carbons (Fsp3) is 0.417. The number of ether oxygens (including phenoxy) is 1. The van der Waals surface area contributed by atoms with Gasteiger partial charge < -0.3 is 15.8 Å². The molecule has 5 heteroatoms. The largest absolute Gasteiger partial charge is 0.399 e. The third kappa shape index (κ3) is 4.75. The van der Waals surface area contributed by atoms with Gasteiger partial charge in [-0.15, -0.1) is 0 Å². The molecule has 1 rings (SSSR count). The van der Waals surface area contributed by atoms with Gasteiger partial charge in [0.25, 0.3) is 5.91 Å². The molecule has 1 amide bonds. The average Bonchev–Trinajstić information content (AvgIpc) is 2.32. The molecular weight excluding hydrogens is 284 g/mol. The predicted octanol–water partition coefficient (Wildman–Crippen LogP) is 2.19. The second-order valence-corrected chi connectivity index (χ2v) is 4.55. The van der Waals surface area contributed by atoms with Gasteiger partial charge in [-0.2, -0.15) is 0 Å². The first kappa shape index (κ1) is 14.0. The van der Waals surface area contributed by atoms with Crippen molar-refractivity contribution in [3.05, 3.63) is 28.2 Å². The van der Waals surface area contributed by atoms with Gasteiger partial charge in [0, 0.05) is 30.4 Å². The van der Waals surface area contributed by atoms with E-state index in [9.17, 15) is 4.79 Å². The highest BCUT2D eigenvalue weighted by Gasteiger charge is 2.09. The molecule has 0 aromatic heterocycles. The summed E-state index contributed by atoms with van der Waals surface area (Å²) in [5.41, 5.74) is 6.79. The van der Waals surface area contributed by atoms with Crippen LogP contribution in [0.15, 0.2) is 22.7 Å².